The van der Waals surface area contributed by atoms with E-state index in [1.54, 1.807) is 6.20 Å². The van der Waals surface area contributed by atoms with Crippen LogP contribution in [0.1, 0.15) is 29.0 Å². The summed E-state index contributed by atoms with van der Waals surface area (Å²) in [6, 6.07) is 7.69. The smallest absolute Gasteiger partial charge is 0.209 e. The van der Waals surface area contributed by atoms with E-state index in [1.807, 2.05) is 42.0 Å². The van der Waals surface area contributed by atoms with Gasteiger partial charge in [-0.3, -0.25) is 4.79 Å². The highest BCUT2D eigenvalue weighted by Crippen LogP contribution is 2.35. The van der Waals surface area contributed by atoms with Crippen LogP contribution in [0.15, 0.2) is 36.7 Å². The predicted octanol–water partition coefficient (Wildman–Crippen LogP) is 2.26. The molecule has 18 heavy (non-hydrogen) atoms. The molecule has 0 aliphatic carbocycles. The number of nitrogens with zero attached hydrogens (tertiary/aromatic N) is 2. The molecule has 1 aromatic heterocycles. The van der Waals surface area contributed by atoms with Gasteiger partial charge >= 0.3 is 0 Å². The standard InChI is InChI=1S/C14H14N2O2/c1-2-16-8-7-15-14(16)13(17)11-9-18-12-6-4-3-5-10(11)12/h3-8,11H,2,9H2,1H3. The van der Waals surface area contributed by atoms with Crippen molar-refractivity contribution in [2.45, 2.75) is 19.4 Å². The summed E-state index contributed by atoms with van der Waals surface area (Å²) in [6.45, 7) is 3.16. The van der Waals surface area contributed by atoms with Gasteiger partial charge in [0.25, 0.3) is 0 Å². The highest BCUT2D eigenvalue weighted by Gasteiger charge is 2.32. The third-order valence-corrected chi connectivity index (χ3v) is 3.29. The quantitative estimate of drug-likeness (QED) is 0.775. The van der Waals surface area contributed by atoms with Crippen LogP contribution in [0.4, 0.5) is 0 Å². The minimum Gasteiger partial charge on any atom is -0.492 e. The van der Waals surface area contributed by atoms with Crippen molar-refractivity contribution in [1.82, 2.24) is 9.55 Å². The number of Topliss-reactive ketones (excluding diaryl/α,β-unsaturated/α-hetero) is 1. The van der Waals surface area contributed by atoms with Crippen LogP contribution in [-0.2, 0) is 6.54 Å². The van der Waals surface area contributed by atoms with Crippen molar-refractivity contribution in [2.75, 3.05) is 6.61 Å². The van der Waals surface area contributed by atoms with E-state index < -0.39 is 0 Å². The molecule has 92 valence electrons. The van der Waals surface area contributed by atoms with Gasteiger partial charge in [0.2, 0.25) is 5.78 Å². The Balaban J connectivity index is 1.96. The molecular formula is C14H14N2O2. The van der Waals surface area contributed by atoms with E-state index in [-0.39, 0.29) is 11.7 Å². The van der Waals surface area contributed by atoms with E-state index in [9.17, 15) is 4.79 Å². The average Bonchev–Trinajstić information content (AvgIpc) is 3.04. The van der Waals surface area contributed by atoms with Crippen molar-refractivity contribution < 1.29 is 9.53 Å². The van der Waals surface area contributed by atoms with Gasteiger partial charge in [-0.15, -0.1) is 0 Å². The van der Waals surface area contributed by atoms with Gasteiger partial charge in [-0.05, 0) is 13.0 Å². The number of ether oxygens (including phenoxy) is 1. The molecule has 4 heteroatoms. The summed E-state index contributed by atoms with van der Waals surface area (Å²) in [6.07, 6.45) is 3.49. The van der Waals surface area contributed by atoms with Gasteiger partial charge < -0.3 is 9.30 Å². The Kier molecular flexibility index (Phi) is 2.63. The molecule has 0 N–H and O–H groups in total. The molecule has 1 aliphatic rings. The number of aryl methyl sites for hydroxylation is 1. The fourth-order valence-corrected chi connectivity index (χ4v) is 2.33. The van der Waals surface area contributed by atoms with E-state index in [0.29, 0.717) is 12.4 Å². The van der Waals surface area contributed by atoms with Crippen molar-refractivity contribution in [1.29, 1.82) is 0 Å². The maximum absolute atomic E-state index is 12.5. The SMILES string of the molecule is CCn1ccnc1C(=O)C1COc2ccccc21. The molecule has 0 saturated carbocycles. The number of para-hydroxylation sites is 1. The van der Waals surface area contributed by atoms with E-state index in [4.69, 9.17) is 4.74 Å². The zero-order valence-corrected chi connectivity index (χ0v) is 10.2. The molecule has 1 atom stereocenters. The molecule has 0 bridgehead atoms. The zero-order valence-electron chi connectivity index (χ0n) is 10.2. The first-order valence-corrected chi connectivity index (χ1v) is 6.08. The number of ketones is 1. The highest BCUT2D eigenvalue weighted by molar-refractivity contribution is 5.99. The Labute approximate surface area is 105 Å². The zero-order chi connectivity index (χ0) is 12.5. The summed E-state index contributed by atoms with van der Waals surface area (Å²) in [5.41, 5.74) is 0.966. The predicted molar refractivity (Wildman–Crippen MR) is 66.9 cm³/mol. The Morgan fingerprint density at radius 2 is 2.33 bits per heavy atom. The van der Waals surface area contributed by atoms with Gasteiger partial charge in [0.1, 0.15) is 12.4 Å². The summed E-state index contributed by atoms with van der Waals surface area (Å²) in [5.74, 6) is 1.13. The van der Waals surface area contributed by atoms with Gasteiger partial charge in [-0.1, -0.05) is 18.2 Å². The van der Waals surface area contributed by atoms with Crippen LogP contribution < -0.4 is 4.74 Å². The third-order valence-electron chi connectivity index (χ3n) is 3.29. The van der Waals surface area contributed by atoms with Gasteiger partial charge in [0.05, 0.1) is 5.92 Å². The Hall–Kier alpha value is -2.10. The van der Waals surface area contributed by atoms with Crippen molar-refractivity contribution in [3.8, 4) is 5.75 Å². The van der Waals surface area contributed by atoms with Crippen LogP contribution in [0.2, 0.25) is 0 Å². The van der Waals surface area contributed by atoms with Gasteiger partial charge in [0, 0.05) is 24.5 Å². The molecule has 0 fully saturated rings. The minimum atomic E-state index is -0.228. The van der Waals surface area contributed by atoms with Gasteiger partial charge in [-0.25, -0.2) is 4.98 Å². The Morgan fingerprint density at radius 3 is 3.17 bits per heavy atom. The first-order chi connectivity index (χ1) is 8.81. The second kappa shape index (κ2) is 4.29. The lowest BCUT2D eigenvalue weighted by atomic mass is 9.96. The fraction of sp³-hybridized carbons (Fsp3) is 0.286. The molecule has 1 unspecified atom stereocenters. The van der Waals surface area contributed by atoms with Crippen LogP contribution in [0.3, 0.4) is 0 Å². The maximum Gasteiger partial charge on any atom is 0.209 e. The molecule has 0 spiro atoms. The lowest BCUT2D eigenvalue weighted by Crippen LogP contribution is -2.19. The largest absolute Gasteiger partial charge is 0.492 e. The molecular weight excluding hydrogens is 228 g/mol. The number of hydrogen-bond donors (Lipinski definition) is 0. The fourth-order valence-electron chi connectivity index (χ4n) is 2.33. The number of benzene rings is 1. The van der Waals surface area contributed by atoms with Crippen molar-refractivity contribution >= 4 is 5.78 Å². The molecule has 2 aromatic rings. The Bertz CT molecular complexity index is 589. The number of hydrogen-bond acceptors (Lipinski definition) is 3. The average molecular weight is 242 g/mol. The highest BCUT2D eigenvalue weighted by atomic mass is 16.5. The summed E-state index contributed by atoms with van der Waals surface area (Å²) < 4.78 is 7.41. The van der Waals surface area contributed by atoms with Crippen molar-refractivity contribution in [2.24, 2.45) is 0 Å². The van der Waals surface area contributed by atoms with Gasteiger partial charge in [-0.2, -0.15) is 0 Å². The number of carbonyl (C=O) groups excluding carboxylic acids is 1. The first kappa shape index (κ1) is 11.0. The normalized spacial score (nSPS) is 17.3. The number of fused-ring (bicyclic) bond motifs is 1. The lowest BCUT2D eigenvalue weighted by molar-refractivity contribution is 0.0933. The second-order valence-corrected chi connectivity index (χ2v) is 4.30. The van der Waals surface area contributed by atoms with E-state index in [2.05, 4.69) is 4.98 Å². The molecule has 0 radical (unpaired) electrons. The number of carbonyl (C=O) groups is 1. The third kappa shape index (κ3) is 1.61. The van der Waals surface area contributed by atoms with Crippen molar-refractivity contribution in [3.63, 3.8) is 0 Å². The maximum atomic E-state index is 12.5. The first-order valence-electron chi connectivity index (χ1n) is 6.08. The molecule has 1 aromatic carbocycles. The Morgan fingerprint density at radius 1 is 1.50 bits per heavy atom. The molecule has 1 aliphatic heterocycles. The lowest BCUT2D eigenvalue weighted by Gasteiger charge is -2.08. The van der Waals surface area contributed by atoms with Gasteiger partial charge in [0.15, 0.2) is 5.82 Å². The molecule has 2 heterocycles. The topological polar surface area (TPSA) is 44.1 Å². The summed E-state index contributed by atoms with van der Waals surface area (Å²) in [4.78, 5) is 16.6. The van der Waals surface area contributed by atoms with Crippen LogP contribution in [0, 0.1) is 0 Å². The van der Waals surface area contributed by atoms with Crippen LogP contribution in [0.5, 0.6) is 5.75 Å². The van der Waals surface area contributed by atoms with E-state index in [1.165, 1.54) is 0 Å². The van der Waals surface area contributed by atoms with E-state index in [0.717, 1.165) is 17.9 Å². The molecule has 0 amide bonds. The molecule has 3 rings (SSSR count). The minimum absolute atomic E-state index is 0.0341. The summed E-state index contributed by atoms with van der Waals surface area (Å²) in [5, 5.41) is 0. The van der Waals surface area contributed by atoms with Crippen LogP contribution in [-0.4, -0.2) is 21.9 Å². The van der Waals surface area contributed by atoms with Crippen LogP contribution in [0.25, 0.3) is 0 Å². The molecule has 0 saturated heterocycles. The van der Waals surface area contributed by atoms with E-state index >= 15 is 0 Å². The van der Waals surface area contributed by atoms with Crippen molar-refractivity contribution in [3.05, 3.63) is 48.0 Å². The van der Waals surface area contributed by atoms with Crippen LogP contribution >= 0.6 is 0 Å². The number of aromatic nitrogens is 2. The second-order valence-electron chi connectivity index (χ2n) is 4.30. The monoisotopic (exact) mass is 242 g/mol. The summed E-state index contributed by atoms with van der Waals surface area (Å²) >= 11 is 0. The number of imidazole rings is 1. The molecule has 4 nitrogen and oxygen atoms in total. The summed E-state index contributed by atoms with van der Waals surface area (Å²) in [7, 11) is 0. The number of rotatable bonds is 3.